The molecule has 8 nitrogen and oxygen atoms in total. The number of carbonyl (C=O) groups is 1. The lowest BCUT2D eigenvalue weighted by atomic mass is 10.3. The average Bonchev–Trinajstić information content (AvgIpc) is 2.36. The standard InChI is InChI=1S/C10H16N4O4S/c15-7-1-3-9(16)11-6-8-19(17,18)14-10-12-4-2-5-13-10/h2,4-5,15H,1,3,6-8H2,(H,11,16)(H,12,13,14). The maximum absolute atomic E-state index is 11.6. The van der Waals surface area contributed by atoms with Gasteiger partial charge < -0.3 is 10.4 Å². The van der Waals surface area contributed by atoms with Crippen molar-refractivity contribution >= 4 is 21.9 Å². The summed E-state index contributed by atoms with van der Waals surface area (Å²) >= 11 is 0. The fourth-order valence-corrected chi connectivity index (χ4v) is 2.05. The van der Waals surface area contributed by atoms with Gasteiger partial charge in [0, 0.05) is 32.0 Å². The van der Waals surface area contributed by atoms with Crippen LogP contribution in [0.3, 0.4) is 0 Å². The minimum Gasteiger partial charge on any atom is -0.396 e. The van der Waals surface area contributed by atoms with Crippen LogP contribution < -0.4 is 10.0 Å². The molecule has 0 fully saturated rings. The second kappa shape index (κ2) is 7.64. The Morgan fingerprint density at radius 2 is 2.00 bits per heavy atom. The van der Waals surface area contributed by atoms with E-state index in [9.17, 15) is 13.2 Å². The third-order valence-electron chi connectivity index (χ3n) is 2.07. The Morgan fingerprint density at radius 1 is 1.32 bits per heavy atom. The van der Waals surface area contributed by atoms with Crippen molar-refractivity contribution in [3.63, 3.8) is 0 Å². The molecular weight excluding hydrogens is 272 g/mol. The molecule has 0 aliphatic rings. The van der Waals surface area contributed by atoms with Gasteiger partial charge in [-0.1, -0.05) is 0 Å². The van der Waals surface area contributed by atoms with Crippen LogP contribution in [0.4, 0.5) is 5.95 Å². The van der Waals surface area contributed by atoms with E-state index in [2.05, 4.69) is 20.0 Å². The van der Waals surface area contributed by atoms with Gasteiger partial charge in [-0.3, -0.25) is 9.52 Å². The highest BCUT2D eigenvalue weighted by Crippen LogP contribution is 1.99. The number of nitrogens with zero attached hydrogens (tertiary/aromatic N) is 2. The van der Waals surface area contributed by atoms with Crippen LogP contribution in [0.25, 0.3) is 0 Å². The van der Waals surface area contributed by atoms with Gasteiger partial charge in [-0.15, -0.1) is 0 Å². The van der Waals surface area contributed by atoms with Gasteiger partial charge >= 0.3 is 0 Å². The van der Waals surface area contributed by atoms with Crippen molar-refractivity contribution in [2.24, 2.45) is 0 Å². The Balaban J connectivity index is 2.33. The number of aliphatic hydroxyl groups excluding tert-OH is 1. The van der Waals surface area contributed by atoms with E-state index in [1.54, 1.807) is 6.07 Å². The Kier molecular flexibility index (Phi) is 6.16. The third kappa shape index (κ3) is 6.67. The smallest absolute Gasteiger partial charge is 0.236 e. The zero-order chi connectivity index (χ0) is 14.1. The van der Waals surface area contributed by atoms with Crippen LogP contribution in [0, 0.1) is 0 Å². The maximum atomic E-state index is 11.6. The van der Waals surface area contributed by atoms with E-state index in [1.807, 2.05) is 0 Å². The lowest BCUT2D eigenvalue weighted by Gasteiger charge is -2.07. The van der Waals surface area contributed by atoms with Crippen molar-refractivity contribution < 1.29 is 18.3 Å². The third-order valence-corrected chi connectivity index (χ3v) is 3.30. The summed E-state index contributed by atoms with van der Waals surface area (Å²) in [4.78, 5) is 18.6. The first kappa shape index (κ1) is 15.3. The zero-order valence-corrected chi connectivity index (χ0v) is 11.1. The Hall–Kier alpha value is -1.74. The number of anilines is 1. The molecule has 9 heteroatoms. The molecule has 19 heavy (non-hydrogen) atoms. The molecule has 3 N–H and O–H groups in total. The summed E-state index contributed by atoms with van der Waals surface area (Å²) in [5.74, 6) is -0.565. The molecule has 106 valence electrons. The first-order valence-corrected chi connectivity index (χ1v) is 7.34. The minimum atomic E-state index is -3.59. The minimum absolute atomic E-state index is 0.00546. The largest absolute Gasteiger partial charge is 0.396 e. The predicted octanol–water partition coefficient (Wildman–Crippen LogP) is -0.893. The summed E-state index contributed by atoms with van der Waals surface area (Å²) in [5.41, 5.74) is 0. The molecule has 0 saturated heterocycles. The lowest BCUT2D eigenvalue weighted by molar-refractivity contribution is -0.121. The number of aliphatic hydroxyl groups is 1. The van der Waals surface area contributed by atoms with Gasteiger partial charge in [-0.2, -0.15) is 0 Å². The molecule has 0 bridgehead atoms. The molecule has 1 rings (SSSR count). The summed E-state index contributed by atoms with van der Waals surface area (Å²) in [6.45, 7) is -0.0783. The lowest BCUT2D eigenvalue weighted by Crippen LogP contribution is -2.31. The van der Waals surface area contributed by atoms with Crippen LogP contribution >= 0.6 is 0 Å². The Bertz CT molecular complexity index is 492. The monoisotopic (exact) mass is 288 g/mol. The van der Waals surface area contributed by atoms with Crippen molar-refractivity contribution in [3.05, 3.63) is 18.5 Å². The van der Waals surface area contributed by atoms with Gasteiger partial charge in [0.05, 0.1) is 5.75 Å². The van der Waals surface area contributed by atoms with E-state index in [0.29, 0.717) is 6.42 Å². The van der Waals surface area contributed by atoms with Crippen molar-refractivity contribution in [2.75, 3.05) is 23.6 Å². The molecule has 1 amide bonds. The number of hydrogen-bond acceptors (Lipinski definition) is 6. The van der Waals surface area contributed by atoms with Crippen molar-refractivity contribution in [1.82, 2.24) is 15.3 Å². The van der Waals surface area contributed by atoms with Crippen LogP contribution in [0.1, 0.15) is 12.8 Å². The molecule has 0 atom stereocenters. The summed E-state index contributed by atoms with van der Waals surface area (Å²) in [7, 11) is -3.59. The summed E-state index contributed by atoms with van der Waals surface area (Å²) in [5, 5.41) is 11.0. The van der Waals surface area contributed by atoms with E-state index in [0.717, 1.165) is 0 Å². The quantitative estimate of drug-likeness (QED) is 0.570. The number of sulfonamides is 1. The summed E-state index contributed by atoms with van der Waals surface area (Å²) in [6.07, 6.45) is 3.36. The molecule has 0 radical (unpaired) electrons. The van der Waals surface area contributed by atoms with Crippen LogP contribution in [-0.2, 0) is 14.8 Å². The van der Waals surface area contributed by atoms with Gasteiger partial charge in [0.1, 0.15) is 0 Å². The van der Waals surface area contributed by atoms with Gasteiger partial charge in [0.2, 0.25) is 21.9 Å². The first-order chi connectivity index (χ1) is 9.03. The summed E-state index contributed by atoms with van der Waals surface area (Å²) in [6, 6.07) is 1.57. The van der Waals surface area contributed by atoms with E-state index in [4.69, 9.17) is 5.11 Å². The fourth-order valence-electron chi connectivity index (χ4n) is 1.19. The Morgan fingerprint density at radius 3 is 2.63 bits per heavy atom. The van der Waals surface area contributed by atoms with E-state index in [-0.39, 0.29) is 37.2 Å². The summed E-state index contributed by atoms with van der Waals surface area (Å²) < 4.78 is 25.4. The first-order valence-electron chi connectivity index (χ1n) is 5.68. The predicted molar refractivity (Wildman–Crippen MR) is 68.8 cm³/mol. The highest BCUT2D eigenvalue weighted by molar-refractivity contribution is 7.92. The highest BCUT2D eigenvalue weighted by atomic mass is 32.2. The second-order valence-corrected chi connectivity index (χ2v) is 5.51. The molecule has 1 aromatic rings. The van der Waals surface area contributed by atoms with Crippen molar-refractivity contribution in [1.29, 1.82) is 0 Å². The fraction of sp³-hybridized carbons (Fsp3) is 0.500. The van der Waals surface area contributed by atoms with E-state index in [1.165, 1.54) is 12.4 Å². The normalized spacial score (nSPS) is 11.0. The number of hydrogen-bond donors (Lipinski definition) is 3. The molecule has 1 aromatic heterocycles. The van der Waals surface area contributed by atoms with Crippen LogP contribution in [0.15, 0.2) is 18.5 Å². The maximum Gasteiger partial charge on any atom is 0.236 e. The van der Waals surface area contributed by atoms with E-state index >= 15 is 0 Å². The number of carbonyl (C=O) groups excluding carboxylic acids is 1. The van der Waals surface area contributed by atoms with Gasteiger partial charge in [-0.05, 0) is 12.5 Å². The molecule has 1 heterocycles. The second-order valence-electron chi connectivity index (χ2n) is 3.67. The highest BCUT2D eigenvalue weighted by Gasteiger charge is 2.12. The average molecular weight is 288 g/mol. The van der Waals surface area contributed by atoms with Crippen LogP contribution in [0.5, 0.6) is 0 Å². The number of nitrogens with one attached hydrogen (secondary N) is 2. The van der Waals surface area contributed by atoms with Crippen LogP contribution in [0.2, 0.25) is 0 Å². The van der Waals surface area contributed by atoms with Crippen molar-refractivity contribution in [2.45, 2.75) is 12.8 Å². The molecule has 0 spiro atoms. The molecule has 0 aromatic carbocycles. The number of rotatable bonds is 8. The molecule has 0 aliphatic carbocycles. The Labute approximate surface area is 111 Å². The topological polar surface area (TPSA) is 121 Å². The van der Waals surface area contributed by atoms with Gasteiger partial charge in [-0.25, -0.2) is 18.4 Å². The van der Waals surface area contributed by atoms with E-state index < -0.39 is 10.0 Å². The van der Waals surface area contributed by atoms with Crippen LogP contribution in [-0.4, -0.2) is 48.3 Å². The molecule has 0 unspecified atom stereocenters. The molecule has 0 aliphatic heterocycles. The number of aromatic nitrogens is 2. The molecule has 0 saturated carbocycles. The zero-order valence-electron chi connectivity index (χ0n) is 10.2. The molecular formula is C10H16N4O4S. The number of amides is 1. The van der Waals surface area contributed by atoms with Crippen molar-refractivity contribution in [3.8, 4) is 0 Å². The SMILES string of the molecule is O=C(CCCO)NCCS(=O)(=O)Nc1ncccn1. The van der Waals surface area contributed by atoms with Gasteiger partial charge in [0.25, 0.3) is 0 Å². The van der Waals surface area contributed by atoms with Gasteiger partial charge in [0.15, 0.2) is 0 Å².